The number of nitrogens with zero attached hydrogens (tertiary/aromatic N) is 1. The molecule has 2 aromatic carbocycles. The van der Waals surface area contributed by atoms with Crippen LogP contribution in [0.2, 0.25) is 0 Å². The Kier molecular flexibility index (Phi) is 5.01. The van der Waals surface area contributed by atoms with Crippen LogP contribution in [0.25, 0.3) is 0 Å². The summed E-state index contributed by atoms with van der Waals surface area (Å²) in [6, 6.07) is 12.8. The second-order valence-corrected chi connectivity index (χ2v) is 8.61. The second kappa shape index (κ2) is 7.08. The van der Waals surface area contributed by atoms with E-state index in [0.717, 1.165) is 28.8 Å². The van der Waals surface area contributed by atoms with Gasteiger partial charge < -0.3 is 4.90 Å². The molecule has 3 rings (SSSR count). The molecular weight excluding hydrogens is 346 g/mol. The fourth-order valence-electron chi connectivity index (χ4n) is 3.22. The van der Waals surface area contributed by atoms with E-state index >= 15 is 0 Å². The summed E-state index contributed by atoms with van der Waals surface area (Å²) in [5.41, 5.74) is 4.50. The van der Waals surface area contributed by atoms with Gasteiger partial charge in [-0.25, -0.2) is 8.42 Å². The Balaban J connectivity index is 2.10. The highest BCUT2D eigenvalue weighted by Crippen LogP contribution is 2.29. The molecule has 0 N–H and O–H groups in total. The summed E-state index contributed by atoms with van der Waals surface area (Å²) in [4.78, 5) is 15.0. The maximum atomic E-state index is 13.4. The zero-order valence-electron chi connectivity index (χ0n) is 15.3. The van der Waals surface area contributed by atoms with Gasteiger partial charge in [-0.2, -0.15) is 0 Å². The van der Waals surface area contributed by atoms with E-state index in [2.05, 4.69) is 0 Å². The average molecular weight is 369 g/mol. The van der Waals surface area contributed by atoms with Crippen molar-refractivity contribution in [2.24, 2.45) is 0 Å². The van der Waals surface area contributed by atoms with E-state index in [1.165, 1.54) is 5.41 Å². The molecule has 26 heavy (non-hydrogen) atoms. The lowest BCUT2D eigenvalue weighted by Gasteiger charge is -2.30. The van der Waals surface area contributed by atoms with Gasteiger partial charge in [0.2, 0.25) is 0 Å². The third kappa shape index (κ3) is 3.58. The molecule has 1 atom stereocenters. The van der Waals surface area contributed by atoms with E-state index in [-0.39, 0.29) is 11.7 Å². The van der Waals surface area contributed by atoms with Crippen molar-refractivity contribution in [1.82, 2.24) is 0 Å². The Morgan fingerprint density at radius 1 is 1.12 bits per heavy atom. The van der Waals surface area contributed by atoms with Crippen LogP contribution in [0, 0.1) is 13.8 Å². The lowest BCUT2D eigenvalue weighted by atomic mass is 10.0. The fraction of sp³-hybridized carbons (Fsp3) is 0.286. The summed E-state index contributed by atoms with van der Waals surface area (Å²) >= 11 is 0. The first-order valence-electron chi connectivity index (χ1n) is 8.72. The zero-order valence-corrected chi connectivity index (χ0v) is 16.1. The minimum absolute atomic E-state index is 0.0817. The van der Waals surface area contributed by atoms with Crippen molar-refractivity contribution in [2.45, 2.75) is 33.2 Å². The number of hydrogen-bond acceptors (Lipinski definition) is 3. The third-order valence-electron chi connectivity index (χ3n) is 4.85. The Morgan fingerprint density at radius 2 is 1.85 bits per heavy atom. The molecule has 1 aliphatic rings. The van der Waals surface area contributed by atoms with Crippen LogP contribution in [0.4, 0.5) is 5.69 Å². The van der Waals surface area contributed by atoms with Crippen molar-refractivity contribution < 1.29 is 13.2 Å². The lowest BCUT2D eigenvalue weighted by molar-refractivity contribution is 0.0983. The van der Waals surface area contributed by atoms with Gasteiger partial charge in [0.1, 0.15) is 0 Å². The molecule has 0 aromatic heterocycles. The molecule has 0 fully saturated rings. The number of sulfone groups is 1. The van der Waals surface area contributed by atoms with Gasteiger partial charge in [0.15, 0.2) is 9.84 Å². The number of carbonyl (C=O) groups is 1. The van der Waals surface area contributed by atoms with Crippen molar-refractivity contribution in [1.29, 1.82) is 0 Å². The van der Waals surface area contributed by atoms with E-state index in [1.807, 2.05) is 57.2 Å². The zero-order chi connectivity index (χ0) is 18.9. The van der Waals surface area contributed by atoms with Crippen molar-refractivity contribution in [3.05, 3.63) is 76.2 Å². The van der Waals surface area contributed by atoms with Crippen molar-refractivity contribution in [3.8, 4) is 0 Å². The van der Waals surface area contributed by atoms with Crippen molar-refractivity contribution >= 4 is 21.4 Å². The SMILES string of the molecule is CCc1ccccc1N(C(=O)c1ccc(C)c(C)c1)C1C=CS(=O)(=O)C1. The van der Waals surface area contributed by atoms with E-state index in [4.69, 9.17) is 0 Å². The second-order valence-electron chi connectivity index (χ2n) is 6.68. The highest BCUT2D eigenvalue weighted by molar-refractivity contribution is 7.94. The van der Waals surface area contributed by atoms with E-state index in [0.29, 0.717) is 5.56 Å². The molecule has 0 spiro atoms. The number of rotatable bonds is 4. The summed E-state index contributed by atoms with van der Waals surface area (Å²) in [6.07, 6.45) is 2.37. The Labute approximate surface area is 155 Å². The van der Waals surface area contributed by atoms with Crippen LogP contribution in [0.1, 0.15) is 34.0 Å². The van der Waals surface area contributed by atoms with E-state index in [1.54, 1.807) is 17.0 Å². The van der Waals surface area contributed by atoms with Gasteiger partial charge >= 0.3 is 0 Å². The quantitative estimate of drug-likeness (QED) is 0.823. The minimum atomic E-state index is -3.27. The molecule has 0 aliphatic carbocycles. The largest absolute Gasteiger partial charge is 0.300 e. The predicted octanol–water partition coefficient (Wildman–Crippen LogP) is 3.82. The normalized spacial score (nSPS) is 18.0. The summed E-state index contributed by atoms with van der Waals surface area (Å²) in [5, 5.41) is 1.22. The van der Waals surface area contributed by atoms with Gasteiger partial charge in [-0.3, -0.25) is 4.79 Å². The van der Waals surface area contributed by atoms with Crippen LogP contribution in [0.3, 0.4) is 0 Å². The molecule has 0 bridgehead atoms. The highest BCUT2D eigenvalue weighted by Gasteiger charge is 2.32. The highest BCUT2D eigenvalue weighted by atomic mass is 32.2. The topological polar surface area (TPSA) is 54.5 Å². The van der Waals surface area contributed by atoms with Crippen LogP contribution in [-0.2, 0) is 16.3 Å². The van der Waals surface area contributed by atoms with Crippen molar-refractivity contribution in [3.63, 3.8) is 0 Å². The van der Waals surface area contributed by atoms with Gasteiger partial charge in [-0.15, -0.1) is 0 Å². The Bertz CT molecular complexity index is 977. The molecule has 0 saturated carbocycles. The lowest BCUT2D eigenvalue weighted by Crippen LogP contribution is -2.41. The molecule has 4 nitrogen and oxygen atoms in total. The monoisotopic (exact) mass is 369 g/mol. The van der Waals surface area contributed by atoms with Crippen LogP contribution >= 0.6 is 0 Å². The first-order chi connectivity index (χ1) is 12.3. The first-order valence-corrected chi connectivity index (χ1v) is 10.4. The van der Waals surface area contributed by atoms with Gasteiger partial charge in [0.05, 0.1) is 11.8 Å². The number of amides is 1. The first kappa shape index (κ1) is 18.4. The van der Waals surface area contributed by atoms with Crippen molar-refractivity contribution in [2.75, 3.05) is 10.7 Å². The Morgan fingerprint density at radius 3 is 2.46 bits per heavy atom. The number of anilines is 1. The molecule has 0 radical (unpaired) electrons. The van der Waals surface area contributed by atoms with E-state index in [9.17, 15) is 13.2 Å². The summed E-state index contributed by atoms with van der Waals surface area (Å²) in [7, 11) is -3.27. The van der Waals surface area contributed by atoms with Gasteiger partial charge in [-0.05, 0) is 61.2 Å². The Hall–Kier alpha value is -2.40. The smallest absolute Gasteiger partial charge is 0.258 e. The molecule has 0 saturated heterocycles. The third-order valence-corrected chi connectivity index (χ3v) is 6.23. The van der Waals surface area contributed by atoms with Crippen LogP contribution in [0.15, 0.2) is 53.9 Å². The summed E-state index contributed by atoms with van der Waals surface area (Å²) in [5.74, 6) is -0.262. The molecule has 5 heteroatoms. The maximum Gasteiger partial charge on any atom is 0.258 e. The van der Waals surface area contributed by atoms with Crippen LogP contribution < -0.4 is 4.90 Å². The number of para-hydroxylation sites is 1. The fourth-order valence-corrected chi connectivity index (χ4v) is 4.49. The molecule has 1 amide bonds. The maximum absolute atomic E-state index is 13.4. The number of benzene rings is 2. The average Bonchev–Trinajstić information content (AvgIpc) is 2.97. The van der Waals surface area contributed by atoms with Gasteiger partial charge in [-0.1, -0.05) is 31.2 Å². The molecule has 1 unspecified atom stereocenters. The molecule has 2 aromatic rings. The minimum Gasteiger partial charge on any atom is -0.300 e. The molecule has 1 heterocycles. The molecular formula is C21H23NO3S. The summed E-state index contributed by atoms with van der Waals surface area (Å²) in [6.45, 7) is 6.00. The van der Waals surface area contributed by atoms with Crippen LogP contribution in [-0.4, -0.2) is 26.1 Å². The summed E-state index contributed by atoms with van der Waals surface area (Å²) < 4.78 is 23.9. The molecule has 136 valence electrons. The van der Waals surface area contributed by atoms with Gasteiger partial charge in [0.25, 0.3) is 5.91 Å². The van der Waals surface area contributed by atoms with Gasteiger partial charge in [0, 0.05) is 16.7 Å². The van der Waals surface area contributed by atoms with E-state index < -0.39 is 15.9 Å². The predicted molar refractivity (Wildman–Crippen MR) is 105 cm³/mol. The van der Waals surface area contributed by atoms with Crippen LogP contribution in [0.5, 0.6) is 0 Å². The molecule has 1 aliphatic heterocycles. The standard InChI is InChI=1S/C21H23NO3S/c1-4-17-7-5-6-8-20(17)22(19-11-12-26(24,25)14-19)21(23)18-10-9-15(2)16(3)13-18/h5-13,19H,4,14H2,1-3H3. The number of hydrogen-bond donors (Lipinski definition) is 0. The number of carbonyl (C=O) groups excluding carboxylic acids is 1. The number of aryl methyl sites for hydroxylation is 3.